The fourth-order valence-electron chi connectivity index (χ4n) is 1.39. The predicted octanol–water partition coefficient (Wildman–Crippen LogP) is 1.86. The van der Waals surface area contributed by atoms with Crippen molar-refractivity contribution in [3.63, 3.8) is 0 Å². The third kappa shape index (κ3) is 3.84. The number of hydrogen-bond acceptors (Lipinski definition) is 3. The largest absolute Gasteiger partial charge is 0.409 e. The number of anilines is 1. The summed E-state index contributed by atoms with van der Waals surface area (Å²) in [6, 6.07) is 4.81. The summed E-state index contributed by atoms with van der Waals surface area (Å²) in [6.45, 7) is 3.42. The number of hydrogen-bond donors (Lipinski definition) is 4. The lowest BCUT2D eigenvalue weighted by Crippen LogP contribution is -2.56. The Kier molecular flexibility index (Phi) is 4.68. The molecule has 7 heteroatoms. The molecule has 1 atom stereocenters. The van der Waals surface area contributed by atoms with Crippen LogP contribution >= 0.6 is 0 Å². The van der Waals surface area contributed by atoms with Crippen LogP contribution in [-0.4, -0.2) is 22.6 Å². The van der Waals surface area contributed by atoms with Gasteiger partial charge in [-0.2, -0.15) is 0 Å². The molecule has 0 heterocycles. The summed E-state index contributed by atoms with van der Waals surface area (Å²) >= 11 is 0. The first-order valence-electron chi connectivity index (χ1n) is 5.74. The van der Waals surface area contributed by atoms with Crippen molar-refractivity contribution >= 4 is 17.6 Å². The van der Waals surface area contributed by atoms with E-state index in [1.807, 2.05) is 0 Å². The number of amides is 2. The van der Waals surface area contributed by atoms with E-state index in [9.17, 15) is 9.18 Å². The van der Waals surface area contributed by atoms with Gasteiger partial charge in [0.2, 0.25) is 0 Å². The molecule has 6 nitrogen and oxygen atoms in total. The Bertz CT molecular complexity index is 475. The van der Waals surface area contributed by atoms with Crippen LogP contribution in [0.4, 0.5) is 14.9 Å². The van der Waals surface area contributed by atoms with Crippen LogP contribution in [0.15, 0.2) is 29.4 Å². The SMILES string of the molecule is CCC(C)(NC(=O)Nc1ccc(F)cc1)/C(N)=N/O. The smallest absolute Gasteiger partial charge is 0.320 e. The minimum Gasteiger partial charge on any atom is -0.409 e. The maximum absolute atomic E-state index is 12.7. The van der Waals surface area contributed by atoms with Gasteiger partial charge >= 0.3 is 6.03 Å². The summed E-state index contributed by atoms with van der Waals surface area (Å²) < 4.78 is 12.7. The van der Waals surface area contributed by atoms with Crippen LogP contribution in [-0.2, 0) is 0 Å². The number of benzene rings is 1. The lowest BCUT2D eigenvalue weighted by atomic mass is 9.98. The van der Waals surface area contributed by atoms with Crippen LogP contribution < -0.4 is 16.4 Å². The third-order valence-electron chi connectivity index (χ3n) is 2.87. The molecule has 1 rings (SSSR count). The Morgan fingerprint density at radius 1 is 1.47 bits per heavy atom. The number of nitrogens with one attached hydrogen (secondary N) is 2. The van der Waals surface area contributed by atoms with Crippen molar-refractivity contribution in [1.82, 2.24) is 5.32 Å². The molecule has 0 aliphatic rings. The van der Waals surface area contributed by atoms with Gasteiger partial charge in [0.15, 0.2) is 5.84 Å². The van der Waals surface area contributed by atoms with Crippen molar-refractivity contribution in [1.29, 1.82) is 0 Å². The van der Waals surface area contributed by atoms with Gasteiger partial charge in [-0.25, -0.2) is 9.18 Å². The van der Waals surface area contributed by atoms with Crippen LogP contribution in [0.25, 0.3) is 0 Å². The number of oxime groups is 1. The fourth-order valence-corrected chi connectivity index (χ4v) is 1.39. The van der Waals surface area contributed by atoms with Crippen LogP contribution in [0.2, 0.25) is 0 Å². The van der Waals surface area contributed by atoms with Crippen LogP contribution in [0, 0.1) is 5.82 Å². The number of rotatable bonds is 4. The summed E-state index contributed by atoms with van der Waals surface area (Å²) in [4.78, 5) is 11.8. The first-order valence-corrected chi connectivity index (χ1v) is 5.74. The Balaban J connectivity index is 2.71. The number of carbonyl (C=O) groups is 1. The number of nitrogens with zero attached hydrogens (tertiary/aromatic N) is 1. The first-order chi connectivity index (χ1) is 8.91. The van der Waals surface area contributed by atoms with E-state index >= 15 is 0 Å². The number of nitrogens with two attached hydrogens (primary N) is 1. The number of carbonyl (C=O) groups excluding carboxylic acids is 1. The monoisotopic (exact) mass is 268 g/mol. The summed E-state index contributed by atoms with van der Waals surface area (Å²) in [5.74, 6) is -0.481. The van der Waals surface area contributed by atoms with E-state index in [2.05, 4.69) is 15.8 Å². The highest BCUT2D eigenvalue weighted by molar-refractivity contribution is 5.97. The molecular weight excluding hydrogens is 251 g/mol. The highest BCUT2D eigenvalue weighted by Gasteiger charge is 2.29. The molecule has 0 bridgehead atoms. The highest BCUT2D eigenvalue weighted by atomic mass is 19.1. The maximum Gasteiger partial charge on any atom is 0.320 e. The minimum absolute atomic E-state index is 0.0933. The molecule has 0 fully saturated rings. The molecule has 19 heavy (non-hydrogen) atoms. The molecule has 0 saturated heterocycles. The summed E-state index contributed by atoms with van der Waals surface area (Å²) in [5.41, 5.74) is 5.01. The van der Waals surface area contributed by atoms with Crippen molar-refractivity contribution in [2.45, 2.75) is 25.8 Å². The zero-order valence-corrected chi connectivity index (χ0v) is 10.8. The second-order valence-corrected chi connectivity index (χ2v) is 4.26. The van der Waals surface area contributed by atoms with E-state index in [4.69, 9.17) is 10.9 Å². The lowest BCUT2D eigenvalue weighted by Gasteiger charge is -2.27. The molecule has 0 saturated carbocycles. The normalized spacial score (nSPS) is 14.6. The van der Waals surface area contributed by atoms with Crippen molar-refractivity contribution in [3.05, 3.63) is 30.1 Å². The van der Waals surface area contributed by atoms with Gasteiger partial charge in [0, 0.05) is 5.69 Å². The molecule has 1 aromatic carbocycles. The maximum atomic E-state index is 12.7. The molecule has 1 aromatic rings. The van der Waals surface area contributed by atoms with Crippen LogP contribution in [0.1, 0.15) is 20.3 Å². The van der Waals surface area contributed by atoms with Gasteiger partial charge in [-0.05, 0) is 37.6 Å². The van der Waals surface area contributed by atoms with Crippen molar-refractivity contribution < 1.29 is 14.4 Å². The molecular formula is C12H17FN4O2. The molecule has 5 N–H and O–H groups in total. The zero-order valence-electron chi connectivity index (χ0n) is 10.8. The summed E-state index contributed by atoms with van der Waals surface area (Å²) in [7, 11) is 0. The summed E-state index contributed by atoms with van der Waals surface area (Å²) in [5, 5.41) is 16.7. The Labute approximate surface area is 110 Å². The second-order valence-electron chi connectivity index (χ2n) is 4.26. The Morgan fingerprint density at radius 2 is 2.05 bits per heavy atom. The van der Waals surface area contributed by atoms with E-state index in [-0.39, 0.29) is 11.7 Å². The van der Waals surface area contributed by atoms with Crippen molar-refractivity contribution in [3.8, 4) is 0 Å². The molecule has 0 spiro atoms. The van der Waals surface area contributed by atoms with Gasteiger partial charge in [0.05, 0.1) is 5.54 Å². The predicted molar refractivity (Wildman–Crippen MR) is 70.7 cm³/mol. The van der Waals surface area contributed by atoms with Gasteiger partial charge in [-0.3, -0.25) is 0 Å². The Hall–Kier alpha value is -2.31. The van der Waals surface area contributed by atoms with Crippen molar-refractivity contribution in [2.75, 3.05) is 5.32 Å². The molecule has 2 amide bonds. The molecule has 0 aliphatic heterocycles. The van der Waals surface area contributed by atoms with E-state index in [0.29, 0.717) is 12.1 Å². The summed E-state index contributed by atoms with van der Waals surface area (Å²) in [6.07, 6.45) is 0.444. The Morgan fingerprint density at radius 3 is 2.53 bits per heavy atom. The number of urea groups is 1. The second kappa shape index (κ2) is 6.03. The lowest BCUT2D eigenvalue weighted by molar-refractivity contribution is 0.244. The molecule has 1 unspecified atom stereocenters. The van der Waals surface area contributed by atoms with Gasteiger partial charge in [-0.1, -0.05) is 12.1 Å². The third-order valence-corrected chi connectivity index (χ3v) is 2.87. The number of amidine groups is 1. The van der Waals surface area contributed by atoms with Gasteiger partial charge in [0.1, 0.15) is 5.82 Å². The van der Waals surface area contributed by atoms with E-state index < -0.39 is 11.6 Å². The minimum atomic E-state index is -0.959. The molecule has 0 radical (unpaired) electrons. The fraction of sp³-hybridized carbons (Fsp3) is 0.333. The standard InChI is InChI=1S/C12H17FN4O2/c1-3-12(2,10(14)17-19)16-11(18)15-9-6-4-8(13)5-7-9/h4-7,19H,3H2,1-2H3,(H2,14,17)(H2,15,16,18). The zero-order chi connectivity index (χ0) is 14.5. The van der Waals surface area contributed by atoms with Crippen molar-refractivity contribution in [2.24, 2.45) is 10.9 Å². The average Bonchev–Trinajstić information content (AvgIpc) is 2.40. The van der Waals surface area contributed by atoms with Gasteiger partial charge in [-0.15, -0.1) is 0 Å². The van der Waals surface area contributed by atoms with E-state index in [1.165, 1.54) is 24.3 Å². The van der Waals surface area contributed by atoms with Gasteiger partial charge < -0.3 is 21.6 Å². The molecule has 0 aromatic heterocycles. The highest BCUT2D eigenvalue weighted by Crippen LogP contribution is 2.11. The number of halogens is 1. The average molecular weight is 268 g/mol. The van der Waals surface area contributed by atoms with Crippen LogP contribution in [0.3, 0.4) is 0 Å². The van der Waals surface area contributed by atoms with Crippen LogP contribution in [0.5, 0.6) is 0 Å². The van der Waals surface area contributed by atoms with Gasteiger partial charge in [0.25, 0.3) is 0 Å². The molecule has 0 aliphatic carbocycles. The quantitative estimate of drug-likeness (QED) is 0.290. The van der Waals surface area contributed by atoms with E-state index in [0.717, 1.165) is 0 Å². The molecule has 104 valence electrons. The topological polar surface area (TPSA) is 99.7 Å². The van der Waals surface area contributed by atoms with E-state index in [1.54, 1.807) is 13.8 Å². The first kappa shape index (κ1) is 14.7.